The summed E-state index contributed by atoms with van der Waals surface area (Å²) in [5.41, 5.74) is 10.1. The summed E-state index contributed by atoms with van der Waals surface area (Å²) in [5, 5.41) is 9.39. The molecule has 8 nitrogen and oxygen atoms in total. The second-order valence-corrected chi connectivity index (χ2v) is 21.2. The van der Waals surface area contributed by atoms with Crippen LogP contribution in [0.3, 0.4) is 0 Å². The second kappa shape index (κ2) is 29.2. The Hall–Kier alpha value is 0.344. The zero-order chi connectivity index (χ0) is 49.0. The van der Waals surface area contributed by atoms with E-state index in [-0.39, 0.29) is 69.7 Å². The minimum Gasteiger partial charge on any atom is -0.256 e. The Labute approximate surface area is 510 Å². The summed E-state index contributed by atoms with van der Waals surface area (Å²) in [6, 6.07) is 46.5. The van der Waals surface area contributed by atoms with Gasteiger partial charge in [-0.25, -0.2) is 4.67 Å². The van der Waals surface area contributed by atoms with Gasteiger partial charge in [-0.2, -0.15) is 0 Å². The number of pyridine rings is 2. The van der Waals surface area contributed by atoms with E-state index in [0.717, 1.165) is 62.9 Å². The zero-order valence-corrected chi connectivity index (χ0v) is 53.2. The summed E-state index contributed by atoms with van der Waals surface area (Å²) < 4.78 is 23.5. The molecule has 14 heteroatoms. The van der Waals surface area contributed by atoms with Crippen LogP contribution in [0.5, 0.6) is 0 Å². The van der Waals surface area contributed by atoms with Gasteiger partial charge in [0.25, 0.3) is 0 Å². The second-order valence-electron chi connectivity index (χ2n) is 20.1. The van der Waals surface area contributed by atoms with Crippen molar-refractivity contribution in [3.8, 4) is 33.6 Å². The summed E-state index contributed by atoms with van der Waals surface area (Å²) in [4.78, 5) is 17.9. The summed E-state index contributed by atoms with van der Waals surface area (Å²) in [7, 11) is -3.50. The Morgan fingerprint density at radius 3 is 1.50 bits per heavy atom. The first-order chi connectivity index (χ1) is 33.3. The van der Waals surface area contributed by atoms with Gasteiger partial charge in [0.05, 0.1) is 22.6 Å². The van der Waals surface area contributed by atoms with Gasteiger partial charge < -0.3 is 19.5 Å². The molecule has 7 atom stereocenters. The fourth-order valence-electron chi connectivity index (χ4n) is 11.0. The number of hydrogen-bond acceptors (Lipinski definition) is 8. The van der Waals surface area contributed by atoms with Crippen molar-refractivity contribution in [3.63, 3.8) is 0 Å². The first-order valence-electron chi connectivity index (χ1n) is 25.0. The van der Waals surface area contributed by atoms with Crippen LogP contribution >= 0.6 is 19.9 Å². The molecule has 4 saturated carbocycles. The van der Waals surface area contributed by atoms with E-state index < -0.39 is 8.25 Å². The van der Waals surface area contributed by atoms with Gasteiger partial charge in [0, 0.05) is 28.5 Å². The van der Waals surface area contributed by atoms with E-state index in [9.17, 15) is 0 Å². The average molecular weight is 1050 g/mol. The molecule has 1 saturated heterocycles. The third-order valence-electron chi connectivity index (χ3n) is 15.2. The van der Waals surface area contributed by atoms with Crippen LogP contribution in [0.4, 0.5) is 0 Å². The van der Waals surface area contributed by atoms with Crippen LogP contribution in [-0.2, 0) is 31.4 Å². The summed E-state index contributed by atoms with van der Waals surface area (Å²) in [5.74, 6) is 6.04. The van der Waals surface area contributed by atoms with Crippen LogP contribution in [0.25, 0.3) is 33.6 Å². The molecule has 0 N–H and O–H groups in total. The van der Waals surface area contributed by atoms with E-state index in [1.165, 1.54) is 155 Å². The third-order valence-corrected chi connectivity index (χ3v) is 15.6. The zero-order valence-electron chi connectivity index (χ0n) is 42.1. The van der Waals surface area contributed by atoms with E-state index in [0.29, 0.717) is 0 Å². The average Bonchev–Trinajstić information content (AvgIpc) is 4.24. The van der Waals surface area contributed by atoms with Gasteiger partial charge in [0.15, 0.2) is 0 Å². The van der Waals surface area contributed by atoms with Crippen LogP contribution in [0.2, 0.25) is 5.02 Å². The normalized spacial score (nSPS) is 23.0. The van der Waals surface area contributed by atoms with Gasteiger partial charge in [-0.05, 0) is 183 Å². The molecule has 7 unspecified atom stereocenters. The van der Waals surface area contributed by atoms with Crippen molar-refractivity contribution in [1.29, 1.82) is 0 Å². The molecule has 2 aromatic heterocycles. The quantitative estimate of drug-likeness (QED) is 0.0615. The van der Waals surface area contributed by atoms with E-state index in [4.69, 9.17) is 35.6 Å². The van der Waals surface area contributed by atoms with Crippen LogP contribution in [0.15, 0.2) is 146 Å². The maximum Gasteiger partial charge on any atom is 0.0708 e. The Kier molecular flexibility index (Phi) is 24.8. The summed E-state index contributed by atoms with van der Waals surface area (Å²) in [6.45, 7) is 8.25. The fraction of sp³-hybridized carbons (Fsp3) is 0.393. The standard InChI is InChI=1S/C25H25N.C17H20BNO2.C14H17Cl.3K.HO4P/c1-2-4-21(5-3-1)25-17-23(12-13-26-25)20-9-6-18(7-10-20)14-24-16-19-8-11-22(24)15-19;1-16(2)17(3,4)21-18(20-16)14-10-11-19-15(12-14)13-8-6-5-7-9-13;15-14-5-2-10(3-6-14)7-13-9-11-1-4-12(13)8-11;;;;1-4-5(2)3/h1-7,9-10,12-13,17,19,22,24H,8,11,14-16H2;5-12H,1-4H3;2-3,5-6,11-13H,1,4,7-9H2;;;;1H/q;;;;;+1;/p-1. The number of halogens is 1. The maximum absolute atomic E-state index is 8.87. The molecule has 0 spiro atoms. The number of rotatable bonds is 9. The van der Waals surface area contributed by atoms with Gasteiger partial charge in [0.2, 0.25) is 0 Å². The SMILES string of the molecule is CC1(C)OB(c2ccnc(-c3ccccc3)c2)OC1(C)C.Clc1ccc(CC2CC3CCC2C3)cc1.O=[P+]([O-])O[O-].[K+].[K][K].c1ccc(-c2cc(-c3ccc(CC4CC5CCC4C5)cc3)ccn2)cc1. The Morgan fingerprint density at radius 1 is 0.629 bits per heavy atom. The molecule has 0 amide bonds. The Balaban J connectivity index is 0.000000165. The number of hydrogen-bond donors (Lipinski definition) is 0. The maximum atomic E-state index is 8.87. The third kappa shape index (κ3) is 16.9. The largest absolute Gasteiger partial charge is 0.256 e. The Bertz CT molecular complexity index is 2530. The van der Waals surface area contributed by atoms with Gasteiger partial charge in [-0.15, -0.1) is 0 Å². The number of fused-ring (bicyclic) bond motifs is 4. The molecule has 4 bridgehead atoms. The van der Waals surface area contributed by atoms with Crippen molar-refractivity contribution in [2.24, 2.45) is 35.5 Å². The van der Waals surface area contributed by atoms with Gasteiger partial charge in [-0.3, -0.25) is 9.97 Å². The molecule has 6 aromatic rings. The predicted octanol–water partition coefficient (Wildman–Crippen LogP) is 8.30. The molecular weight excluding hydrogens is 991 g/mol. The molecular formula is C56H62BClK3N2O6P. The van der Waals surface area contributed by atoms with Crippen molar-refractivity contribution in [1.82, 2.24) is 9.97 Å². The van der Waals surface area contributed by atoms with Gasteiger partial charge >= 0.3 is 130 Å². The molecule has 0 radical (unpaired) electrons. The van der Waals surface area contributed by atoms with E-state index in [2.05, 4.69) is 127 Å². The van der Waals surface area contributed by atoms with Crippen LogP contribution in [-0.4, -0.2) is 91.4 Å². The first-order valence-corrected chi connectivity index (χ1v) is 42.5. The molecule has 1 aliphatic heterocycles. The number of nitrogens with zero attached hydrogens (tertiary/aromatic N) is 2. The molecule has 5 aliphatic rings. The fourth-order valence-corrected chi connectivity index (χ4v) is 11.2. The van der Waals surface area contributed by atoms with E-state index in [1.54, 1.807) is 0 Å². The van der Waals surface area contributed by atoms with Crippen molar-refractivity contribution in [2.75, 3.05) is 0 Å². The van der Waals surface area contributed by atoms with Crippen molar-refractivity contribution < 1.29 is 80.1 Å². The van der Waals surface area contributed by atoms with E-state index in [1.807, 2.05) is 60.9 Å². The van der Waals surface area contributed by atoms with Gasteiger partial charge in [0.1, 0.15) is 0 Å². The minimum atomic E-state index is -3.15. The molecule has 3 heterocycles. The first kappa shape index (κ1) is 59.6. The molecule has 70 heavy (non-hydrogen) atoms. The smallest absolute Gasteiger partial charge is 0.0708 e. The topological polar surface area (TPSA) is 117 Å². The summed E-state index contributed by atoms with van der Waals surface area (Å²) in [6.07, 6.45) is 18.2. The molecule has 4 aromatic carbocycles. The summed E-state index contributed by atoms with van der Waals surface area (Å²) >= 11 is 8.39. The van der Waals surface area contributed by atoms with Crippen molar-refractivity contribution in [3.05, 3.63) is 162 Å². The monoisotopic (exact) mass is 1050 g/mol. The van der Waals surface area contributed by atoms with Crippen molar-refractivity contribution >= 4 is 95.6 Å². The molecule has 11 rings (SSSR count). The molecule has 350 valence electrons. The predicted molar refractivity (Wildman–Crippen MR) is 277 cm³/mol. The van der Waals surface area contributed by atoms with E-state index >= 15 is 0 Å². The Morgan fingerprint density at radius 2 is 1.07 bits per heavy atom. The van der Waals surface area contributed by atoms with Crippen LogP contribution in [0, 0.1) is 35.5 Å². The molecule has 5 fully saturated rings. The van der Waals surface area contributed by atoms with Crippen LogP contribution < -0.4 is 67.0 Å². The minimum absolute atomic E-state index is 0. The number of aromatic nitrogens is 2. The van der Waals surface area contributed by atoms with Crippen molar-refractivity contribution in [2.45, 2.75) is 103 Å². The molecule has 4 aliphatic carbocycles. The van der Waals surface area contributed by atoms with Gasteiger partial charge in [-0.1, -0.05) is 122 Å². The number of benzene rings is 4. The van der Waals surface area contributed by atoms with Crippen LogP contribution in [0.1, 0.15) is 90.2 Å².